The summed E-state index contributed by atoms with van der Waals surface area (Å²) in [4.78, 5) is 0. The van der Waals surface area contributed by atoms with Crippen LogP contribution in [0.15, 0.2) is 30.3 Å². The number of aliphatic hydroxyl groups excluding tert-OH is 1. The minimum absolute atomic E-state index is 0.0135. The Bertz CT molecular complexity index is 428. The van der Waals surface area contributed by atoms with Gasteiger partial charge in [0.15, 0.2) is 9.84 Å². The Kier molecular flexibility index (Phi) is 6.32. The molecule has 0 radical (unpaired) electrons. The summed E-state index contributed by atoms with van der Waals surface area (Å²) in [5.74, 6) is -0.0135. The molecular weight excluding hydrogens is 252 g/mol. The zero-order valence-electron chi connectivity index (χ0n) is 10.6. The monoisotopic (exact) mass is 272 g/mol. The largest absolute Gasteiger partial charge is 0.394 e. The lowest BCUT2D eigenvalue weighted by molar-refractivity contribution is 0.103. The number of hydrogen-bond donors (Lipinski definition) is 1. The molecule has 0 saturated heterocycles. The van der Waals surface area contributed by atoms with Gasteiger partial charge in [0.25, 0.3) is 0 Å². The normalized spacial score (nSPS) is 13.4. The van der Waals surface area contributed by atoms with E-state index in [9.17, 15) is 8.42 Å². The molecule has 0 aliphatic carbocycles. The second kappa shape index (κ2) is 7.51. The van der Waals surface area contributed by atoms with Crippen LogP contribution in [-0.2, 0) is 14.6 Å². The number of sulfone groups is 1. The highest BCUT2D eigenvalue weighted by molar-refractivity contribution is 7.91. The van der Waals surface area contributed by atoms with Crippen molar-refractivity contribution in [1.29, 1.82) is 0 Å². The van der Waals surface area contributed by atoms with Gasteiger partial charge in [0.2, 0.25) is 0 Å². The first-order chi connectivity index (χ1) is 8.61. The minimum atomic E-state index is -3.21. The van der Waals surface area contributed by atoms with Gasteiger partial charge in [-0.15, -0.1) is 0 Å². The van der Waals surface area contributed by atoms with Crippen LogP contribution in [0.5, 0.6) is 0 Å². The van der Waals surface area contributed by atoms with Crippen molar-refractivity contribution in [3.63, 3.8) is 0 Å². The van der Waals surface area contributed by atoms with E-state index in [1.807, 2.05) is 37.3 Å². The van der Waals surface area contributed by atoms with Gasteiger partial charge in [-0.1, -0.05) is 37.3 Å². The van der Waals surface area contributed by atoms with E-state index >= 15 is 0 Å². The van der Waals surface area contributed by atoms with Gasteiger partial charge in [-0.25, -0.2) is 8.42 Å². The second-order valence-electron chi connectivity index (χ2n) is 4.01. The van der Waals surface area contributed by atoms with Gasteiger partial charge >= 0.3 is 0 Å². The molecule has 1 rings (SSSR count). The molecule has 0 bridgehead atoms. The summed E-state index contributed by atoms with van der Waals surface area (Å²) in [6.07, 6.45) is 0.548. The summed E-state index contributed by atoms with van der Waals surface area (Å²) in [5.41, 5.74) is 0.821. The van der Waals surface area contributed by atoms with Crippen molar-refractivity contribution in [3.05, 3.63) is 35.9 Å². The zero-order chi connectivity index (χ0) is 13.4. The van der Waals surface area contributed by atoms with E-state index in [-0.39, 0.29) is 25.6 Å². The predicted octanol–water partition coefficient (Wildman–Crippen LogP) is 1.56. The summed E-state index contributed by atoms with van der Waals surface area (Å²) >= 11 is 0. The third-order valence-corrected chi connectivity index (χ3v) is 4.93. The Labute approximate surface area is 109 Å². The molecule has 1 aromatic rings. The maximum absolute atomic E-state index is 12.2. The Morgan fingerprint density at radius 1 is 1.22 bits per heavy atom. The standard InChI is InChI=1S/C13H20O4S/c1-2-13(12-6-4-3-5-7-12)18(15,16)11-10-17-9-8-14/h3-7,13-14H,2,8-11H2,1H3. The average Bonchev–Trinajstić information content (AvgIpc) is 2.36. The molecule has 1 N–H and O–H groups in total. The van der Waals surface area contributed by atoms with E-state index in [4.69, 9.17) is 9.84 Å². The molecule has 1 atom stereocenters. The Balaban J connectivity index is 2.69. The van der Waals surface area contributed by atoms with Gasteiger partial charge in [0, 0.05) is 0 Å². The molecule has 0 saturated carbocycles. The molecule has 1 unspecified atom stereocenters. The van der Waals surface area contributed by atoms with Crippen LogP contribution >= 0.6 is 0 Å². The third kappa shape index (κ3) is 4.40. The Hall–Kier alpha value is -0.910. The van der Waals surface area contributed by atoms with Crippen molar-refractivity contribution in [2.24, 2.45) is 0 Å². The summed E-state index contributed by atoms with van der Waals surface area (Å²) in [7, 11) is -3.21. The fourth-order valence-corrected chi connectivity index (χ4v) is 3.56. The van der Waals surface area contributed by atoms with E-state index in [0.717, 1.165) is 5.56 Å². The van der Waals surface area contributed by atoms with Gasteiger partial charge in [0.1, 0.15) is 0 Å². The van der Waals surface area contributed by atoms with Crippen LogP contribution in [0.3, 0.4) is 0 Å². The van der Waals surface area contributed by atoms with Gasteiger partial charge in [-0.2, -0.15) is 0 Å². The predicted molar refractivity (Wildman–Crippen MR) is 71.2 cm³/mol. The Morgan fingerprint density at radius 3 is 2.44 bits per heavy atom. The van der Waals surface area contributed by atoms with Gasteiger partial charge in [-0.05, 0) is 12.0 Å². The molecule has 4 nitrogen and oxygen atoms in total. The zero-order valence-corrected chi connectivity index (χ0v) is 11.4. The number of ether oxygens (including phenoxy) is 1. The molecule has 0 aliphatic heterocycles. The molecule has 102 valence electrons. The number of rotatable bonds is 8. The van der Waals surface area contributed by atoms with Crippen LogP contribution < -0.4 is 0 Å². The van der Waals surface area contributed by atoms with Crippen LogP contribution in [0.25, 0.3) is 0 Å². The highest BCUT2D eigenvalue weighted by atomic mass is 32.2. The highest BCUT2D eigenvalue weighted by Crippen LogP contribution is 2.26. The fourth-order valence-electron chi connectivity index (χ4n) is 1.85. The molecule has 5 heteroatoms. The lowest BCUT2D eigenvalue weighted by atomic mass is 10.1. The number of aliphatic hydroxyl groups is 1. The van der Waals surface area contributed by atoms with Gasteiger partial charge < -0.3 is 9.84 Å². The molecule has 0 aromatic heterocycles. The summed E-state index contributed by atoms with van der Waals surface area (Å²) in [5, 5.41) is 8.08. The lowest BCUT2D eigenvalue weighted by Crippen LogP contribution is -2.20. The molecule has 0 spiro atoms. The second-order valence-corrected chi connectivity index (χ2v) is 6.31. The van der Waals surface area contributed by atoms with E-state index in [0.29, 0.717) is 6.42 Å². The first kappa shape index (κ1) is 15.1. The van der Waals surface area contributed by atoms with Crippen molar-refractivity contribution in [1.82, 2.24) is 0 Å². The summed E-state index contributed by atoms with van der Waals surface area (Å²) in [6.45, 7) is 2.09. The minimum Gasteiger partial charge on any atom is -0.394 e. The van der Waals surface area contributed by atoms with E-state index in [1.54, 1.807) is 0 Å². The van der Waals surface area contributed by atoms with Crippen molar-refractivity contribution in [3.8, 4) is 0 Å². The third-order valence-electron chi connectivity index (χ3n) is 2.72. The highest BCUT2D eigenvalue weighted by Gasteiger charge is 2.24. The molecule has 0 heterocycles. The Morgan fingerprint density at radius 2 is 1.89 bits per heavy atom. The topological polar surface area (TPSA) is 63.6 Å². The van der Waals surface area contributed by atoms with Crippen LogP contribution in [0.1, 0.15) is 24.2 Å². The van der Waals surface area contributed by atoms with E-state index in [2.05, 4.69) is 0 Å². The van der Waals surface area contributed by atoms with Gasteiger partial charge in [-0.3, -0.25) is 0 Å². The van der Waals surface area contributed by atoms with Crippen LogP contribution in [0.4, 0.5) is 0 Å². The quantitative estimate of drug-likeness (QED) is 0.729. The maximum Gasteiger partial charge on any atom is 0.159 e. The van der Waals surface area contributed by atoms with Crippen molar-refractivity contribution in [2.75, 3.05) is 25.6 Å². The fraction of sp³-hybridized carbons (Fsp3) is 0.538. The SMILES string of the molecule is CCC(c1ccccc1)S(=O)(=O)CCOCCO. The van der Waals surface area contributed by atoms with Crippen molar-refractivity contribution < 1.29 is 18.3 Å². The maximum atomic E-state index is 12.2. The molecule has 0 fully saturated rings. The first-order valence-electron chi connectivity index (χ1n) is 6.07. The molecular formula is C13H20O4S. The van der Waals surface area contributed by atoms with Crippen LogP contribution in [0, 0.1) is 0 Å². The molecule has 0 aliphatic rings. The molecule has 18 heavy (non-hydrogen) atoms. The van der Waals surface area contributed by atoms with Crippen molar-refractivity contribution in [2.45, 2.75) is 18.6 Å². The average molecular weight is 272 g/mol. The molecule has 1 aromatic carbocycles. The van der Waals surface area contributed by atoms with Gasteiger partial charge in [0.05, 0.1) is 30.8 Å². The number of benzene rings is 1. The van der Waals surface area contributed by atoms with Crippen LogP contribution in [-0.4, -0.2) is 39.1 Å². The summed E-state index contributed by atoms with van der Waals surface area (Å²) in [6, 6.07) is 9.22. The van der Waals surface area contributed by atoms with E-state index < -0.39 is 15.1 Å². The first-order valence-corrected chi connectivity index (χ1v) is 7.78. The van der Waals surface area contributed by atoms with E-state index in [1.165, 1.54) is 0 Å². The lowest BCUT2D eigenvalue weighted by Gasteiger charge is -2.16. The van der Waals surface area contributed by atoms with Crippen molar-refractivity contribution >= 4 is 9.84 Å². The summed E-state index contributed by atoms with van der Waals surface area (Å²) < 4.78 is 29.4. The smallest absolute Gasteiger partial charge is 0.159 e. The number of hydrogen-bond acceptors (Lipinski definition) is 4. The molecule has 0 amide bonds. The van der Waals surface area contributed by atoms with Crippen LogP contribution in [0.2, 0.25) is 0 Å².